The van der Waals surface area contributed by atoms with Crippen molar-refractivity contribution in [1.82, 2.24) is 0 Å². The summed E-state index contributed by atoms with van der Waals surface area (Å²) in [5, 5.41) is 0. The molecule has 0 aliphatic heterocycles. The SMILES string of the molecule is CCOc1ccc(C(N)C2(c3ccccc3)CCC2)cc1. The molecule has 0 radical (unpaired) electrons. The lowest BCUT2D eigenvalue weighted by Gasteiger charge is -2.47. The molecule has 1 atom stereocenters. The summed E-state index contributed by atoms with van der Waals surface area (Å²) in [5.74, 6) is 0.913. The maximum absolute atomic E-state index is 6.65. The van der Waals surface area contributed by atoms with Gasteiger partial charge < -0.3 is 10.5 Å². The molecule has 1 aliphatic carbocycles. The number of hydrogen-bond donors (Lipinski definition) is 1. The maximum atomic E-state index is 6.65. The second kappa shape index (κ2) is 5.90. The van der Waals surface area contributed by atoms with Crippen LogP contribution in [0, 0.1) is 0 Å². The van der Waals surface area contributed by atoms with E-state index in [1.54, 1.807) is 0 Å². The first kappa shape index (κ1) is 14.2. The van der Waals surface area contributed by atoms with Gasteiger partial charge in [0.15, 0.2) is 0 Å². The average molecular weight is 281 g/mol. The highest BCUT2D eigenvalue weighted by atomic mass is 16.5. The van der Waals surface area contributed by atoms with Crippen molar-refractivity contribution in [3.63, 3.8) is 0 Å². The lowest BCUT2D eigenvalue weighted by Crippen LogP contribution is -2.44. The molecule has 3 rings (SSSR count). The van der Waals surface area contributed by atoms with Crippen molar-refractivity contribution in [2.24, 2.45) is 5.73 Å². The number of ether oxygens (including phenoxy) is 1. The van der Waals surface area contributed by atoms with Crippen molar-refractivity contribution in [2.45, 2.75) is 37.6 Å². The average Bonchev–Trinajstić information content (AvgIpc) is 2.48. The molecular formula is C19H23NO. The zero-order valence-corrected chi connectivity index (χ0v) is 12.6. The Hall–Kier alpha value is -1.80. The normalized spacial score (nSPS) is 17.8. The molecule has 1 unspecified atom stereocenters. The summed E-state index contributed by atoms with van der Waals surface area (Å²) < 4.78 is 5.51. The number of benzene rings is 2. The van der Waals surface area contributed by atoms with Gasteiger partial charge in [0.05, 0.1) is 6.61 Å². The van der Waals surface area contributed by atoms with Crippen molar-refractivity contribution < 1.29 is 4.74 Å². The van der Waals surface area contributed by atoms with Gasteiger partial charge in [-0.1, -0.05) is 48.9 Å². The molecule has 110 valence electrons. The predicted molar refractivity (Wildman–Crippen MR) is 86.5 cm³/mol. The quantitative estimate of drug-likeness (QED) is 0.891. The smallest absolute Gasteiger partial charge is 0.119 e. The van der Waals surface area contributed by atoms with Crippen LogP contribution in [0.25, 0.3) is 0 Å². The Morgan fingerprint density at radius 1 is 1.05 bits per heavy atom. The van der Waals surface area contributed by atoms with Gasteiger partial charge in [0.2, 0.25) is 0 Å². The van der Waals surface area contributed by atoms with Crippen LogP contribution in [0.1, 0.15) is 43.4 Å². The predicted octanol–water partition coefficient (Wildman–Crippen LogP) is 4.21. The van der Waals surface area contributed by atoms with Crippen LogP contribution in [0.5, 0.6) is 5.75 Å². The molecule has 2 nitrogen and oxygen atoms in total. The zero-order valence-electron chi connectivity index (χ0n) is 12.6. The van der Waals surface area contributed by atoms with Crippen LogP contribution in [-0.2, 0) is 5.41 Å². The van der Waals surface area contributed by atoms with Crippen molar-refractivity contribution in [3.05, 3.63) is 65.7 Å². The second-order valence-electron chi connectivity index (χ2n) is 5.86. The van der Waals surface area contributed by atoms with E-state index in [-0.39, 0.29) is 11.5 Å². The van der Waals surface area contributed by atoms with Crippen molar-refractivity contribution in [3.8, 4) is 5.75 Å². The topological polar surface area (TPSA) is 35.2 Å². The fraction of sp³-hybridized carbons (Fsp3) is 0.368. The number of nitrogens with two attached hydrogens (primary N) is 1. The van der Waals surface area contributed by atoms with E-state index >= 15 is 0 Å². The molecule has 0 heterocycles. The van der Waals surface area contributed by atoms with Gasteiger partial charge in [-0.25, -0.2) is 0 Å². The molecule has 2 heteroatoms. The molecule has 1 saturated carbocycles. The van der Waals surface area contributed by atoms with Crippen LogP contribution in [0.2, 0.25) is 0 Å². The third-order valence-corrected chi connectivity index (χ3v) is 4.74. The van der Waals surface area contributed by atoms with Crippen LogP contribution < -0.4 is 10.5 Å². The third-order valence-electron chi connectivity index (χ3n) is 4.74. The summed E-state index contributed by atoms with van der Waals surface area (Å²) in [7, 11) is 0. The van der Waals surface area contributed by atoms with E-state index in [9.17, 15) is 0 Å². The summed E-state index contributed by atoms with van der Waals surface area (Å²) in [6.07, 6.45) is 3.61. The summed E-state index contributed by atoms with van der Waals surface area (Å²) in [4.78, 5) is 0. The van der Waals surface area contributed by atoms with Gasteiger partial charge in [-0.3, -0.25) is 0 Å². The van der Waals surface area contributed by atoms with E-state index in [0.717, 1.165) is 5.75 Å². The van der Waals surface area contributed by atoms with Crippen LogP contribution in [0.15, 0.2) is 54.6 Å². The lowest BCUT2D eigenvalue weighted by molar-refractivity contribution is 0.196. The van der Waals surface area contributed by atoms with E-state index in [1.165, 1.54) is 30.4 Å². The number of rotatable bonds is 5. The Bertz CT molecular complexity index is 572. The minimum Gasteiger partial charge on any atom is -0.494 e. The molecule has 0 bridgehead atoms. The van der Waals surface area contributed by atoms with Gasteiger partial charge in [0, 0.05) is 11.5 Å². The van der Waals surface area contributed by atoms with Crippen LogP contribution >= 0.6 is 0 Å². The molecule has 0 spiro atoms. The highest BCUT2D eigenvalue weighted by molar-refractivity contribution is 5.37. The van der Waals surface area contributed by atoms with Gasteiger partial charge in [0.1, 0.15) is 5.75 Å². The first-order valence-electron chi connectivity index (χ1n) is 7.80. The first-order chi connectivity index (χ1) is 10.3. The molecule has 0 amide bonds. The Morgan fingerprint density at radius 2 is 1.71 bits per heavy atom. The second-order valence-corrected chi connectivity index (χ2v) is 5.86. The highest BCUT2D eigenvalue weighted by Gasteiger charge is 2.44. The molecule has 2 N–H and O–H groups in total. The molecule has 1 aliphatic rings. The van der Waals surface area contributed by atoms with Gasteiger partial charge in [-0.05, 0) is 43.0 Å². The fourth-order valence-electron chi connectivity index (χ4n) is 3.36. The summed E-state index contributed by atoms with van der Waals surface area (Å²) in [5.41, 5.74) is 9.33. The summed E-state index contributed by atoms with van der Waals surface area (Å²) >= 11 is 0. The molecule has 0 aromatic heterocycles. The van der Waals surface area contributed by atoms with E-state index in [4.69, 9.17) is 10.5 Å². The van der Waals surface area contributed by atoms with E-state index in [1.807, 2.05) is 19.1 Å². The van der Waals surface area contributed by atoms with Gasteiger partial charge in [-0.15, -0.1) is 0 Å². The highest BCUT2D eigenvalue weighted by Crippen LogP contribution is 2.51. The van der Waals surface area contributed by atoms with Crippen LogP contribution in [0.4, 0.5) is 0 Å². The molecule has 21 heavy (non-hydrogen) atoms. The first-order valence-corrected chi connectivity index (χ1v) is 7.80. The maximum Gasteiger partial charge on any atom is 0.119 e. The molecule has 2 aromatic rings. The zero-order chi connectivity index (χ0) is 14.7. The van der Waals surface area contributed by atoms with Gasteiger partial charge in [0.25, 0.3) is 0 Å². The van der Waals surface area contributed by atoms with E-state index < -0.39 is 0 Å². The van der Waals surface area contributed by atoms with Gasteiger partial charge in [-0.2, -0.15) is 0 Å². The Balaban J connectivity index is 1.87. The van der Waals surface area contributed by atoms with E-state index in [2.05, 4.69) is 42.5 Å². The van der Waals surface area contributed by atoms with E-state index in [0.29, 0.717) is 6.61 Å². The summed E-state index contributed by atoms with van der Waals surface area (Å²) in [6, 6.07) is 19.0. The standard InChI is InChI=1S/C19H23NO/c1-2-21-17-11-9-15(10-12-17)18(20)19(13-6-14-19)16-7-4-3-5-8-16/h3-5,7-12,18H,2,6,13-14,20H2,1H3. The van der Waals surface area contributed by atoms with Gasteiger partial charge >= 0.3 is 0 Å². The van der Waals surface area contributed by atoms with Crippen LogP contribution in [-0.4, -0.2) is 6.61 Å². The summed E-state index contributed by atoms with van der Waals surface area (Å²) in [6.45, 7) is 2.69. The van der Waals surface area contributed by atoms with Crippen molar-refractivity contribution >= 4 is 0 Å². The van der Waals surface area contributed by atoms with Crippen molar-refractivity contribution in [1.29, 1.82) is 0 Å². The Kier molecular flexibility index (Phi) is 3.98. The van der Waals surface area contributed by atoms with Crippen molar-refractivity contribution in [2.75, 3.05) is 6.61 Å². The minimum atomic E-state index is 0.0457. The monoisotopic (exact) mass is 281 g/mol. The largest absolute Gasteiger partial charge is 0.494 e. The van der Waals surface area contributed by atoms with Crippen LogP contribution in [0.3, 0.4) is 0 Å². The Morgan fingerprint density at radius 3 is 2.24 bits per heavy atom. The third kappa shape index (κ3) is 2.56. The minimum absolute atomic E-state index is 0.0457. The molecule has 0 saturated heterocycles. The molecular weight excluding hydrogens is 258 g/mol. The molecule has 1 fully saturated rings. The Labute approximate surface area is 126 Å². The molecule has 2 aromatic carbocycles. The number of hydrogen-bond acceptors (Lipinski definition) is 2. The lowest BCUT2D eigenvalue weighted by atomic mass is 9.59. The fourth-order valence-corrected chi connectivity index (χ4v) is 3.36.